The fraction of sp³-hybridized carbons (Fsp3) is 0.385. The van der Waals surface area contributed by atoms with Gasteiger partial charge in [0.05, 0.1) is 12.1 Å². The van der Waals surface area contributed by atoms with E-state index in [1.807, 2.05) is 30.3 Å². The van der Waals surface area contributed by atoms with Crippen molar-refractivity contribution in [3.05, 3.63) is 76.2 Å². The van der Waals surface area contributed by atoms with E-state index < -0.39 is 0 Å². The van der Waals surface area contributed by atoms with E-state index in [9.17, 15) is 14.3 Å². The van der Waals surface area contributed by atoms with Crippen LogP contribution in [0.25, 0.3) is 10.9 Å². The van der Waals surface area contributed by atoms with Gasteiger partial charge >= 0.3 is 0 Å². The molecule has 2 saturated carbocycles. The highest BCUT2D eigenvalue weighted by molar-refractivity contribution is 6.30. The van der Waals surface area contributed by atoms with Gasteiger partial charge in [-0.2, -0.15) is 0 Å². The monoisotopic (exact) mass is 437 g/mol. The van der Waals surface area contributed by atoms with Gasteiger partial charge in [-0.25, -0.2) is 4.39 Å². The van der Waals surface area contributed by atoms with E-state index >= 15 is 0 Å². The number of carbonyl (C=O) groups excluding carboxylic acids is 1. The predicted molar refractivity (Wildman–Crippen MR) is 120 cm³/mol. The number of carbonyl (C=O) groups is 1. The molecule has 5 heteroatoms. The highest BCUT2D eigenvalue weighted by Gasteiger charge is 2.57. The summed E-state index contributed by atoms with van der Waals surface area (Å²) in [7, 11) is 0. The van der Waals surface area contributed by atoms with Gasteiger partial charge in [0, 0.05) is 34.5 Å². The first-order valence-corrected chi connectivity index (χ1v) is 11.3. The zero-order chi connectivity index (χ0) is 21.6. The van der Waals surface area contributed by atoms with Crippen molar-refractivity contribution in [2.24, 2.45) is 11.3 Å². The second kappa shape index (κ2) is 7.99. The lowest BCUT2D eigenvalue weighted by Crippen LogP contribution is -2.20. The number of ketones is 1. The molecule has 0 bridgehead atoms. The molecule has 1 atom stereocenters. The highest BCUT2D eigenvalue weighted by atomic mass is 35.5. The Morgan fingerprint density at radius 1 is 1.16 bits per heavy atom. The van der Waals surface area contributed by atoms with Gasteiger partial charge in [-0.15, -0.1) is 0 Å². The lowest BCUT2D eigenvalue weighted by molar-refractivity contribution is -0.120. The van der Waals surface area contributed by atoms with E-state index in [-0.39, 0.29) is 29.3 Å². The van der Waals surface area contributed by atoms with Crippen LogP contribution in [-0.4, -0.2) is 15.9 Å². The van der Waals surface area contributed by atoms with Crippen LogP contribution in [-0.2, 0) is 17.8 Å². The third kappa shape index (κ3) is 3.88. The molecule has 0 saturated heterocycles. The number of halogens is 2. The molecule has 3 aromatic rings. The van der Waals surface area contributed by atoms with Crippen molar-refractivity contribution in [1.29, 1.82) is 0 Å². The molecule has 1 aromatic heterocycles. The maximum atomic E-state index is 14.3. The first kappa shape index (κ1) is 20.6. The van der Waals surface area contributed by atoms with E-state index in [2.05, 4.69) is 4.98 Å². The molecule has 1 heterocycles. The fourth-order valence-corrected chi connectivity index (χ4v) is 5.62. The zero-order valence-electron chi connectivity index (χ0n) is 17.3. The number of aromatic nitrogens is 1. The van der Waals surface area contributed by atoms with E-state index in [1.54, 1.807) is 12.3 Å². The van der Waals surface area contributed by atoms with Gasteiger partial charge < -0.3 is 5.11 Å². The fourth-order valence-electron chi connectivity index (χ4n) is 5.49. The summed E-state index contributed by atoms with van der Waals surface area (Å²) in [5, 5.41) is 10.9. The molecule has 2 fully saturated rings. The van der Waals surface area contributed by atoms with Crippen molar-refractivity contribution in [1.82, 2.24) is 4.98 Å². The molecule has 0 radical (unpaired) electrons. The molecule has 2 aliphatic rings. The van der Waals surface area contributed by atoms with Crippen LogP contribution < -0.4 is 0 Å². The Kier molecular flexibility index (Phi) is 5.31. The van der Waals surface area contributed by atoms with E-state index in [0.29, 0.717) is 23.1 Å². The molecule has 2 aliphatic carbocycles. The maximum Gasteiger partial charge on any atom is 0.140 e. The van der Waals surface area contributed by atoms with Crippen LogP contribution in [0.5, 0.6) is 0 Å². The number of pyridine rings is 1. The van der Waals surface area contributed by atoms with Gasteiger partial charge in [0.2, 0.25) is 0 Å². The van der Waals surface area contributed by atoms with Crippen LogP contribution >= 0.6 is 11.6 Å². The molecular weight excluding hydrogens is 413 g/mol. The third-order valence-electron chi connectivity index (χ3n) is 7.40. The number of nitrogens with zero attached hydrogens (tertiary/aromatic N) is 1. The summed E-state index contributed by atoms with van der Waals surface area (Å²) in [5.74, 6) is 0.478. The largest absolute Gasteiger partial charge is 0.392 e. The molecule has 1 unspecified atom stereocenters. The Hall–Kier alpha value is -2.30. The molecular formula is C26H25ClFNO2. The average Bonchev–Trinajstić information content (AvgIpc) is 3.48. The summed E-state index contributed by atoms with van der Waals surface area (Å²) in [6.45, 7) is -0.328. The van der Waals surface area contributed by atoms with Gasteiger partial charge in [0.1, 0.15) is 11.6 Å². The molecule has 160 valence electrons. The van der Waals surface area contributed by atoms with Crippen molar-refractivity contribution in [2.45, 2.75) is 51.0 Å². The standard InChI is InChI=1S/C26H25ClFNO2/c27-19-3-1-16(2-4-19)11-25(31)22-14-26(22)8-5-17(6-9-26)20-7-10-29-24-12-18(15-30)23(28)13-21(20)24/h1-4,7,10,12-13,17,22,30H,5-6,8-9,11,14-15H2. The second-order valence-corrected chi connectivity index (χ2v) is 9.62. The van der Waals surface area contributed by atoms with Crippen molar-refractivity contribution in [3.8, 4) is 0 Å². The topological polar surface area (TPSA) is 50.2 Å². The van der Waals surface area contributed by atoms with Gasteiger partial charge in [-0.3, -0.25) is 9.78 Å². The summed E-state index contributed by atoms with van der Waals surface area (Å²) in [6, 6.07) is 12.7. The zero-order valence-corrected chi connectivity index (χ0v) is 18.0. The molecule has 1 spiro atoms. The lowest BCUT2D eigenvalue weighted by atomic mass is 9.74. The summed E-state index contributed by atoms with van der Waals surface area (Å²) < 4.78 is 14.3. The van der Waals surface area contributed by atoms with Crippen molar-refractivity contribution in [3.63, 3.8) is 0 Å². The number of aliphatic hydroxyl groups excluding tert-OH is 1. The Bertz CT molecular complexity index is 1140. The van der Waals surface area contributed by atoms with Gasteiger partial charge in [0.15, 0.2) is 0 Å². The molecule has 3 nitrogen and oxygen atoms in total. The third-order valence-corrected chi connectivity index (χ3v) is 7.66. The van der Waals surface area contributed by atoms with Gasteiger partial charge in [-0.1, -0.05) is 23.7 Å². The second-order valence-electron chi connectivity index (χ2n) is 9.18. The molecule has 0 aliphatic heterocycles. The van der Waals surface area contributed by atoms with Crippen LogP contribution in [0.15, 0.2) is 48.7 Å². The normalized spacial score (nSPS) is 25.1. The van der Waals surface area contributed by atoms with Crippen LogP contribution in [0.3, 0.4) is 0 Å². The predicted octanol–water partition coefficient (Wildman–Crippen LogP) is 6.00. The SMILES string of the molecule is O=C(Cc1ccc(Cl)cc1)C1CC12CCC(c1ccnc3cc(CO)c(F)cc13)CC2. The van der Waals surface area contributed by atoms with E-state index in [4.69, 9.17) is 11.6 Å². The lowest BCUT2D eigenvalue weighted by Gasteiger charge is -2.30. The molecule has 5 rings (SSSR count). The van der Waals surface area contributed by atoms with Crippen LogP contribution in [0, 0.1) is 17.2 Å². The van der Waals surface area contributed by atoms with Crippen molar-refractivity contribution < 1.29 is 14.3 Å². The summed E-state index contributed by atoms with van der Waals surface area (Å²) in [4.78, 5) is 17.2. The van der Waals surface area contributed by atoms with E-state index in [1.165, 1.54) is 6.07 Å². The van der Waals surface area contributed by atoms with Crippen molar-refractivity contribution >= 4 is 28.3 Å². The minimum Gasteiger partial charge on any atom is -0.392 e. The number of fused-ring (bicyclic) bond motifs is 1. The number of hydrogen-bond donors (Lipinski definition) is 1. The average molecular weight is 438 g/mol. The highest BCUT2D eigenvalue weighted by Crippen LogP contribution is 2.63. The number of aliphatic hydroxyl groups is 1. The number of rotatable bonds is 5. The Labute approximate surface area is 186 Å². The summed E-state index contributed by atoms with van der Waals surface area (Å²) in [6.07, 6.45) is 7.34. The summed E-state index contributed by atoms with van der Waals surface area (Å²) in [5.41, 5.74) is 3.33. The first-order chi connectivity index (χ1) is 15.0. The molecule has 31 heavy (non-hydrogen) atoms. The van der Waals surface area contributed by atoms with Crippen LogP contribution in [0.2, 0.25) is 5.02 Å². The Balaban J connectivity index is 1.27. The smallest absolute Gasteiger partial charge is 0.140 e. The number of Topliss-reactive ketones (excluding diaryl/α,β-unsaturated/α-hetero) is 1. The molecule has 0 amide bonds. The quantitative estimate of drug-likeness (QED) is 0.533. The van der Waals surface area contributed by atoms with E-state index in [0.717, 1.165) is 54.1 Å². The molecule has 1 N–H and O–H groups in total. The Morgan fingerprint density at radius 2 is 1.90 bits per heavy atom. The minimum absolute atomic E-state index is 0.165. The van der Waals surface area contributed by atoms with Crippen LogP contribution in [0.4, 0.5) is 4.39 Å². The van der Waals surface area contributed by atoms with Crippen molar-refractivity contribution in [2.75, 3.05) is 0 Å². The maximum absolute atomic E-state index is 14.3. The number of hydrogen-bond acceptors (Lipinski definition) is 3. The first-order valence-electron chi connectivity index (χ1n) is 10.9. The van der Waals surface area contributed by atoms with Crippen LogP contribution in [0.1, 0.15) is 54.7 Å². The molecule has 2 aromatic carbocycles. The number of benzene rings is 2. The summed E-state index contributed by atoms with van der Waals surface area (Å²) >= 11 is 5.94. The van der Waals surface area contributed by atoms with Gasteiger partial charge in [-0.05, 0) is 84.9 Å². The van der Waals surface area contributed by atoms with Gasteiger partial charge in [0.25, 0.3) is 0 Å². The minimum atomic E-state index is -0.383. The Morgan fingerprint density at radius 3 is 2.61 bits per heavy atom.